The Kier molecular flexibility index (Phi) is 3.40. The minimum atomic E-state index is 0. The summed E-state index contributed by atoms with van der Waals surface area (Å²) in [5.41, 5.74) is 2.65. The van der Waals surface area contributed by atoms with Gasteiger partial charge in [0.2, 0.25) is 0 Å². The molecule has 0 amide bonds. The van der Waals surface area contributed by atoms with Gasteiger partial charge in [0, 0.05) is 17.1 Å². The maximum atomic E-state index is 4.49. The van der Waals surface area contributed by atoms with Crippen molar-refractivity contribution in [3.05, 3.63) is 41.6 Å². The molecule has 0 radical (unpaired) electrons. The van der Waals surface area contributed by atoms with Crippen LogP contribution in [0.15, 0.2) is 41.0 Å². The second-order valence-electron chi connectivity index (χ2n) is 3.70. The van der Waals surface area contributed by atoms with Gasteiger partial charge >= 0.3 is 0 Å². The Balaban J connectivity index is 0.000000963. The molecule has 1 aromatic carbocycles. The minimum absolute atomic E-state index is 0. The zero-order chi connectivity index (χ0) is 10.3. The fourth-order valence-corrected chi connectivity index (χ4v) is 3.16. The van der Waals surface area contributed by atoms with E-state index in [9.17, 15) is 0 Å². The number of aliphatic imine (C=N–C) groups is 1. The fraction of sp³-hybridized carbons (Fsp3) is 0.250. The largest absolute Gasteiger partial charge is 1.00 e. The monoisotopic (exact) mass is 295 g/mol. The van der Waals surface area contributed by atoms with Crippen molar-refractivity contribution < 1.29 is 17.0 Å². The first-order chi connectivity index (χ1) is 7.36. The molecule has 16 heavy (non-hydrogen) atoms. The van der Waals surface area contributed by atoms with Gasteiger partial charge in [-0.25, -0.2) is 0 Å². The SMILES string of the molecule is CC1=C(c2ccccc2)SC2=NCCN21.[Br-]. The van der Waals surface area contributed by atoms with E-state index >= 15 is 0 Å². The number of hydrogen-bond acceptors (Lipinski definition) is 3. The lowest BCUT2D eigenvalue weighted by molar-refractivity contribution is -0.00000298. The van der Waals surface area contributed by atoms with Crippen LogP contribution in [0.3, 0.4) is 0 Å². The van der Waals surface area contributed by atoms with Crippen LogP contribution < -0.4 is 17.0 Å². The van der Waals surface area contributed by atoms with E-state index in [1.807, 2.05) is 0 Å². The minimum Gasteiger partial charge on any atom is -1.00 e. The summed E-state index contributed by atoms with van der Waals surface area (Å²) in [4.78, 5) is 8.16. The van der Waals surface area contributed by atoms with Gasteiger partial charge in [0.05, 0.1) is 6.54 Å². The van der Waals surface area contributed by atoms with Crippen molar-refractivity contribution in [2.24, 2.45) is 4.99 Å². The molecule has 0 bridgehead atoms. The molecule has 0 aromatic heterocycles. The third-order valence-corrected chi connectivity index (χ3v) is 4.03. The third-order valence-electron chi connectivity index (χ3n) is 2.76. The van der Waals surface area contributed by atoms with E-state index in [1.54, 1.807) is 11.8 Å². The Morgan fingerprint density at radius 1 is 1.25 bits per heavy atom. The van der Waals surface area contributed by atoms with E-state index in [0.717, 1.165) is 13.1 Å². The molecule has 0 aliphatic carbocycles. The van der Waals surface area contributed by atoms with Crippen molar-refractivity contribution in [2.75, 3.05) is 13.1 Å². The first-order valence-corrected chi connectivity index (χ1v) is 5.94. The number of thioether (sulfide) groups is 1. The molecule has 0 atom stereocenters. The molecule has 4 heteroatoms. The Hall–Kier alpha value is -0.740. The number of nitrogens with zero attached hydrogens (tertiary/aromatic N) is 2. The summed E-state index contributed by atoms with van der Waals surface area (Å²) in [7, 11) is 0. The van der Waals surface area contributed by atoms with E-state index in [1.165, 1.54) is 21.3 Å². The second-order valence-corrected chi connectivity index (χ2v) is 4.68. The lowest BCUT2D eigenvalue weighted by Gasteiger charge is -2.12. The number of amidine groups is 1. The van der Waals surface area contributed by atoms with Crippen LogP contribution >= 0.6 is 11.8 Å². The summed E-state index contributed by atoms with van der Waals surface area (Å²) >= 11 is 1.80. The highest BCUT2D eigenvalue weighted by Crippen LogP contribution is 2.42. The van der Waals surface area contributed by atoms with Gasteiger partial charge in [-0.1, -0.05) is 30.3 Å². The molecule has 2 heterocycles. The molecule has 0 spiro atoms. The van der Waals surface area contributed by atoms with E-state index in [4.69, 9.17) is 0 Å². The van der Waals surface area contributed by atoms with Gasteiger partial charge < -0.3 is 21.9 Å². The number of halogens is 1. The van der Waals surface area contributed by atoms with Crippen molar-refractivity contribution in [1.29, 1.82) is 0 Å². The smallest absolute Gasteiger partial charge is 0.168 e. The average molecular weight is 296 g/mol. The van der Waals surface area contributed by atoms with Crippen molar-refractivity contribution in [3.63, 3.8) is 0 Å². The number of allylic oxidation sites excluding steroid dienone is 1. The van der Waals surface area contributed by atoms with Gasteiger partial charge in [-0.2, -0.15) is 0 Å². The standard InChI is InChI=1S/C12H12N2S.BrH/c1-9-11(10-5-3-2-4-6-10)15-12-13-7-8-14(9)12;/h2-6H,7-8H2,1H3;1H/p-1. The fourth-order valence-electron chi connectivity index (χ4n) is 1.97. The third kappa shape index (κ3) is 1.80. The Bertz CT molecular complexity index is 453. The molecular formula is C12H12BrN2S-. The Morgan fingerprint density at radius 3 is 2.69 bits per heavy atom. The maximum Gasteiger partial charge on any atom is 0.168 e. The summed E-state index contributed by atoms with van der Waals surface area (Å²) < 4.78 is 0. The number of benzene rings is 1. The quantitative estimate of drug-likeness (QED) is 0.713. The van der Waals surface area contributed by atoms with Crippen LogP contribution in [0.5, 0.6) is 0 Å². The topological polar surface area (TPSA) is 15.6 Å². The predicted octanol–water partition coefficient (Wildman–Crippen LogP) is -0.203. The molecule has 84 valence electrons. The van der Waals surface area contributed by atoms with Crippen LogP contribution in [-0.2, 0) is 0 Å². The van der Waals surface area contributed by atoms with Gasteiger partial charge in [0.25, 0.3) is 0 Å². The van der Waals surface area contributed by atoms with Crippen LogP contribution in [0.25, 0.3) is 4.91 Å². The summed E-state index contributed by atoms with van der Waals surface area (Å²) in [5, 5.41) is 1.17. The van der Waals surface area contributed by atoms with Gasteiger partial charge in [0.15, 0.2) is 5.17 Å². The molecule has 0 N–H and O–H groups in total. The summed E-state index contributed by atoms with van der Waals surface area (Å²) in [6.07, 6.45) is 0. The molecule has 0 fully saturated rings. The van der Waals surface area contributed by atoms with Crippen molar-refractivity contribution in [2.45, 2.75) is 6.92 Å². The Morgan fingerprint density at radius 2 is 2.00 bits per heavy atom. The van der Waals surface area contributed by atoms with E-state index in [0.29, 0.717) is 0 Å². The summed E-state index contributed by atoms with van der Waals surface area (Å²) in [6, 6.07) is 10.5. The number of rotatable bonds is 1. The van der Waals surface area contributed by atoms with Crippen LogP contribution in [0.2, 0.25) is 0 Å². The molecule has 0 unspecified atom stereocenters. The lowest BCUT2D eigenvalue weighted by Crippen LogP contribution is -3.00. The van der Waals surface area contributed by atoms with Crippen molar-refractivity contribution in [3.8, 4) is 0 Å². The van der Waals surface area contributed by atoms with E-state index < -0.39 is 0 Å². The first kappa shape index (κ1) is 11.7. The van der Waals surface area contributed by atoms with E-state index in [2.05, 4.69) is 47.1 Å². The second kappa shape index (κ2) is 4.63. The molecule has 0 saturated carbocycles. The van der Waals surface area contributed by atoms with Gasteiger partial charge in [-0.3, -0.25) is 4.99 Å². The summed E-state index contributed by atoms with van der Waals surface area (Å²) in [6.45, 7) is 4.18. The Labute approximate surface area is 110 Å². The van der Waals surface area contributed by atoms with Crippen LogP contribution in [0, 0.1) is 0 Å². The normalized spacial score (nSPS) is 18.3. The highest BCUT2D eigenvalue weighted by Gasteiger charge is 2.29. The molecule has 2 nitrogen and oxygen atoms in total. The number of hydrogen-bond donors (Lipinski definition) is 0. The molecular weight excluding hydrogens is 284 g/mol. The molecule has 2 aliphatic rings. The van der Waals surface area contributed by atoms with Crippen LogP contribution in [0.4, 0.5) is 0 Å². The average Bonchev–Trinajstić information content (AvgIpc) is 2.83. The van der Waals surface area contributed by atoms with Crippen LogP contribution in [0.1, 0.15) is 12.5 Å². The van der Waals surface area contributed by atoms with Gasteiger partial charge in [-0.15, -0.1) is 0 Å². The van der Waals surface area contributed by atoms with Crippen molar-refractivity contribution >= 4 is 21.8 Å². The molecule has 0 saturated heterocycles. The first-order valence-electron chi connectivity index (χ1n) is 5.12. The highest BCUT2D eigenvalue weighted by molar-refractivity contribution is 8.22. The van der Waals surface area contributed by atoms with Crippen molar-refractivity contribution in [1.82, 2.24) is 4.90 Å². The van der Waals surface area contributed by atoms with E-state index in [-0.39, 0.29) is 17.0 Å². The van der Waals surface area contributed by atoms with Gasteiger partial charge in [-0.05, 0) is 24.2 Å². The molecule has 1 aromatic rings. The summed E-state index contributed by atoms with van der Waals surface area (Å²) in [5.74, 6) is 0. The molecule has 3 rings (SSSR count). The number of fused-ring (bicyclic) bond motifs is 1. The zero-order valence-corrected chi connectivity index (χ0v) is 11.4. The van der Waals surface area contributed by atoms with Gasteiger partial charge in [0.1, 0.15) is 0 Å². The molecule has 2 aliphatic heterocycles. The van der Waals surface area contributed by atoms with Crippen LogP contribution in [-0.4, -0.2) is 23.2 Å². The maximum absolute atomic E-state index is 4.49. The zero-order valence-electron chi connectivity index (χ0n) is 8.98. The predicted molar refractivity (Wildman–Crippen MR) is 65.6 cm³/mol. The lowest BCUT2D eigenvalue weighted by atomic mass is 10.2. The highest BCUT2D eigenvalue weighted by atomic mass is 79.9.